The maximum atomic E-state index is 11.4. The first-order chi connectivity index (χ1) is 8.51. The number of carbonyl (C=O) groups excluding carboxylic acids is 2. The Morgan fingerprint density at radius 2 is 1.78 bits per heavy atom. The molecule has 0 saturated carbocycles. The number of aliphatic carboxylic acids is 1. The Hall–Kier alpha value is -1.59. The molecule has 18 heavy (non-hydrogen) atoms. The van der Waals surface area contributed by atoms with Crippen molar-refractivity contribution in [2.75, 3.05) is 6.54 Å². The van der Waals surface area contributed by atoms with Gasteiger partial charge >= 0.3 is 5.97 Å². The molecule has 6 nitrogen and oxygen atoms in total. The summed E-state index contributed by atoms with van der Waals surface area (Å²) in [6.45, 7) is 3.64. The normalized spacial score (nSPS) is 11.7. The van der Waals surface area contributed by atoms with E-state index in [-0.39, 0.29) is 12.5 Å². The molecule has 0 radical (unpaired) electrons. The highest BCUT2D eigenvalue weighted by molar-refractivity contribution is 5.87. The van der Waals surface area contributed by atoms with E-state index in [4.69, 9.17) is 5.11 Å². The molecule has 0 aromatic rings. The molecule has 2 amide bonds. The van der Waals surface area contributed by atoms with Crippen molar-refractivity contribution < 1.29 is 19.5 Å². The van der Waals surface area contributed by atoms with Crippen LogP contribution in [0.1, 0.15) is 46.0 Å². The Balaban J connectivity index is 4.02. The molecule has 1 atom stereocenters. The zero-order valence-corrected chi connectivity index (χ0v) is 11.0. The summed E-state index contributed by atoms with van der Waals surface area (Å²) >= 11 is 0. The van der Waals surface area contributed by atoms with E-state index in [0.29, 0.717) is 19.3 Å². The summed E-state index contributed by atoms with van der Waals surface area (Å²) in [4.78, 5) is 33.5. The lowest BCUT2D eigenvalue weighted by Crippen LogP contribution is -2.45. The van der Waals surface area contributed by atoms with Crippen molar-refractivity contribution in [3.63, 3.8) is 0 Å². The van der Waals surface area contributed by atoms with Gasteiger partial charge in [-0.3, -0.25) is 9.59 Å². The Kier molecular flexibility index (Phi) is 8.61. The van der Waals surface area contributed by atoms with E-state index in [2.05, 4.69) is 10.6 Å². The topological polar surface area (TPSA) is 95.5 Å². The summed E-state index contributed by atoms with van der Waals surface area (Å²) in [5.74, 6) is -1.72. The maximum Gasteiger partial charge on any atom is 0.326 e. The first-order valence-electron chi connectivity index (χ1n) is 6.30. The average molecular weight is 258 g/mol. The molecule has 0 aromatic carbocycles. The zero-order chi connectivity index (χ0) is 14.0. The average Bonchev–Trinajstić information content (AvgIpc) is 2.32. The van der Waals surface area contributed by atoms with Gasteiger partial charge in [-0.2, -0.15) is 0 Å². The minimum Gasteiger partial charge on any atom is -0.480 e. The molecule has 0 aliphatic heterocycles. The third-order valence-electron chi connectivity index (χ3n) is 2.40. The van der Waals surface area contributed by atoms with E-state index >= 15 is 0 Å². The van der Waals surface area contributed by atoms with Gasteiger partial charge in [-0.25, -0.2) is 4.79 Å². The van der Waals surface area contributed by atoms with Crippen LogP contribution >= 0.6 is 0 Å². The quantitative estimate of drug-likeness (QED) is 0.566. The predicted molar refractivity (Wildman–Crippen MR) is 67.0 cm³/mol. The van der Waals surface area contributed by atoms with Crippen LogP contribution in [0.3, 0.4) is 0 Å². The van der Waals surface area contributed by atoms with Crippen molar-refractivity contribution in [1.82, 2.24) is 10.6 Å². The van der Waals surface area contributed by atoms with Crippen LogP contribution in [0.5, 0.6) is 0 Å². The van der Waals surface area contributed by atoms with Gasteiger partial charge in [0, 0.05) is 6.42 Å². The van der Waals surface area contributed by atoms with Crippen LogP contribution in [0.15, 0.2) is 0 Å². The Morgan fingerprint density at radius 1 is 1.11 bits per heavy atom. The van der Waals surface area contributed by atoms with Gasteiger partial charge < -0.3 is 15.7 Å². The van der Waals surface area contributed by atoms with E-state index in [1.54, 1.807) is 0 Å². The summed E-state index contributed by atoms with van der Waals surface area (Å²) in [5, 5.41) is 13.7. The minimum absolute atomic E-state index is 0.172. The van der Waals surface area contributed by atoms with Crippen molar-refractivity contribution >= 4 is 17.8 Å². The SMILES string of the molecule is CCCC[C@H](NC(=O)CNC(=O)CCC)C(=O)O. The van der Waals surface area contributed by atoms with Gasteiger partial charge in [0.1, 0.15) is 6.04 Å². The molecule has 0 saturated heterocycles. The molecule has 0 heterocycles. The summed E-state index contributed by atoms with van der Waals surface area (Å²) in [6, 6.07) is -0.875. The number of unbranched alkanes of at least 4 members (excludes halogenated alkanes) is 1. The summed E-state index contributed by atoms with van der Waals surface area (Å²) in [5.41, 5.74) is 0. The summed E-state index contributed by atoms with van der Waals surface area (Å²) < 4.78 is 0. The van der Waals surface area contributed by atoms with Gasteiger partial charge in [-0.15, -0.1) is 0 Å². The number of nitrogens with one attached hydrogen (secondary N) is 2. The molecule has 0 unspecified atom stereocenters. The lowest BCUT2D eigenvalue weighted by molar-refractivity contribution is -0.142. The van der Waals surface area contributed by atoms with Crippen LogP contribution in [0.25, 0.3) is 0 Å². The number of carboxylic acid groups (broad SMARTS) is 1. The predicted octanol–water partition coefficient (Wildman–Crippen LogP) is 0.662. The van der Waals surface area contributed by atoms with E-state index in [0.717, 1.165) is 12.8 Å². The van der Waals surface area contributed by atoms with Crippen LogP contribution in [-0.2, 0) is 14.4 Å². The van der Waals surface area contributed by atoms with Gasteiger partial charge in [-0.1, -0.05) is 26.7 Å². The van der Waals surface area contributed by atoms with Gasteiger partial charge in [-0.05, 0) is 12.8 Å². The molecule has 0 aliphatic rings. The van der Waals surface area contributed by atoms with Crippen molar-refractivity contribution in [2.24, 2.45) is 0 Å². The lowest BCUT2D eigenvalue weighted by atomic mass is 10.1. The summed E-state index contributed by atoms with van der Waals surface area (Å²) in [7, 11) is 0. The van der Waals surface area contributed by atoms with Crippen LogP contribution in [0.2, 0.25) is 0 Å². The number of rotatable bonds is 9. The van der Waals surface area contributed by atoms with Crippen molar-refractivity contribution in [2.45, 2.75) is 52.0 Å². The smallest absolute Gasteiger partial charge is 0.326 e. The molecule has 3 N–H and O–H groups in total. The number of carbonyl (C=O) groups is 3. The molecular formula is C12H22N2O4. The molecule has 0 fully saturated rings. The molecular weight excluding hydrogens is 236 g/mol. The van der Waals surface area contributed by atoms with Crippen molar-refractivity contribution in [3.8, 4) is 0 Å². The molecule has 0 bridgehead atoms. The zero-order valence-electron chi connectivity index (χ0n) is 11.0. The number of carboxylic acids is 1. The largest absolute Gasteiger partial charge is 0.480 e. The van der Waals surface area contributed by atoms with Crippen LogP contribution < -0.4 is 10.6 Å². The molecule has 6 heteroatoms. The van der Waals surface area contributed by atoms with E-state index in [1.807, 2.05) is 13.8 Å². The van der Waals surface area contributed by atoms with Gasteiger partial charge in [0.25, 0.3) is 0 Å². The van der Waals surface area contributed by atoms with E-state index in [9.17, 15) is 14.4 Å². The molecule has 0 spiro atoms. The Morgan fingerprint density at radius 3 is 2.28 bits per heavy atom. The van der Waals surface area contributed by atoms with Crippen LogP contribution in [0, 0.1) is 0 Å². The van der Waals surface area contributed by atoms with E-state index < -0.39 is 17.9 Å². The molecule has 104 valence electrons. The summed E-state index contributed by atoms with van der Waals surface area (Å²) in [6.07, 6.45) is 3.08. The third-order valence-corrected chi connectivity index (χ3v) is 2.40. The van der Waals surface area contributed by atoms with Gasteiger partial charge in [0.05, 0.1) is 6.54 Å². The minimum atomic E-state index is -1.04. The fourth-order valence-corrected chi connectivity index (χ4v) is 1.41. The van der Waals surface area contributed by atoms with E-state index in [1.165, 1.54) is 0 Å². The molecule has 0 aliphatic carbocycles. The Bertz CT molecular complexity index is 292. The second-order valence-corrected chi connectivity index (χ2v) is 4.13. The number of hydrogen-bond acceptors (Lipinski definition) is 3. The number of amides is 2. The highest BCUT2D eigenvalue weighted by atomic mass is 16.4. The first kappa shape index (κ1) is 16.4. The number of hydrogen-bond donors (Lipinski definition) is 3. The third kappa shape index (κ3) is 7.65. The first-order valence-corrected chi connectivity index (χ1v) is 6.30. The second kappa shape index (κ2) is 9.44. The Labute approximate surface area is 107 Å². The highest BCUT2D eigenvalue weighted by Gasteiger charge is 2.19. The van der Waals surface area contributed by atoms with Crippen LogP contribution in [-0.4, -0.2) is 35.5 Å². The maximum absolute atomic E-state index is 11.4. The second-order valence-electron chi connectivity index (χ2n) is 4.13. The van der Waals surface area contributed by atoms with Gasteiger partial charge in [0.15, 0.2) is 0 Å². The van der Waals surface area contributed by atoms with Crippen molar-refractivity contribution in [1.29, 1.82) is 0 Å². The fraction of sp³-hybridized carbons (Fsp3) is 0.750. The monoisotopic (exact) mass is 258 g/mol. The standard InChI is InChI=1S/C12H22N2O4/c1-3-5-7-9(12(17)18)14-11(16)8-13-10(15)6-4-2/h9H,3-8H2,1-2H3,(H,13,15)(H,14,16)(H,17,18)/t9-/m0/s1. The molecule has 0 aromatic heterocycles. The highest BCUT2D eigenvalue weighted by Crippen LogP contribution is 2.00. The lowest BCUT2D eigenvalue weighted by Gasteiger charge is -2.14. The fourth-order valence-electron chi connectivity index (χ4n) is 1.41. The van der Waals surface area contributed by atoms with Gasteiger partial charge in [0.2, 0.25) is 11.8 Å². The van der Waals surface area contributed by atoms with Crippen molar-refractivity contribution in [3.05, 3.63) is 0 Å². The molecule has 0 rings (SSSR count). The van der Waals surface area contributed by atoms with Crippen LogP contribution in [0.4, 0.5) is 0 Å².